The maximum absolute atomic E-state index is 13.1. The number of aromatic nitrogens is 1. The monoisotopic (exact) mass is 400 g/mol. The van der Waals surface area contributed by atoms with Gasteiger partial charge < -0.3 is 14.3 Å². The number of pyridine rings is 1. The van der Waals surface area contributed by atoms with Gasteiger partial charge >= 0.3 is 0 Å². The van der Waals surface area contributed by atoms with Gasteiger partial charge in [-0.25, -0.2) is 0 Å². The van der Waals surface area contributed by atoms with Gasteiger partial charge in [-0.1, -0.05) is 15.9 Å². The maximum atomic E-state index is 13.1. The molecule has 1 aliphatic rings. The summed E-state index contributed by atoms with van der Waals surface area (Å²) < 4.78 is 6.31. The minimum Gasteiger partial charge on any atom is -0.467 e. The Balaban J connectivity index is 1.74. The topological polar surface area (TPSA) is 66.3 Å². The van der Waals surface area contributed by atoms with Gasteiger partial charge in [-0.3, -0.25) is 9.59 Å². The summed E-state index contributed by atoms with van der Waals surface area (Å²) in [6.45, 7) is 1.95. The van der Waals surface area contributed by atoms with Gasteiger partial charge in [0.15, 0.2) is 5.43 Å². The lowest BCUT2D eigenvalue weighted by Crippen LogP contribution is -2.36. The van der Waals surface area contributed by atoms with Crippen molar-refractivity contribution in [3.63, 3.8) is 0 Å². The van der Waals surface area contributed by atoms with E-state index in [1.54, 1.807) is 18.4 Å². The minimum atomic E-state index is -0.181. The molecule has 0 bridgehead atoms. The summed E-state index contributed by atoms with van der Waals surface area (Å²) >= 11 is 3.37. The zero-order valence-electron chi connectivity index (χ0n) is 13.7. The van der Waals surface area contributed by atoms with Crippen LogP contribution in [-0.4, -0.2) is 21.8 Å². The standard InChI is InChI=1S/C19H17BrN2O3/c1-11(18-3-2-8-25-18)22(13-5-6-13)19(24)16-10-17(23)14-9-12(20)4-7-15(14)21-16/h2-4,7-11,13H,5-6H2,1H3,(H,21,23)/t11-/m0/s1. The van der Waals surface area contributed by atoms with Crippen molar-refractivity contribution in [1.82, 2.24) is 9.88 Å². The highest BCUT2D eigenvalue weighted by Gasteiger charge is 2.38. The number of hydrogen-bond donors (Lipinski definition) is 1. The van der Waals surface area contributed by atoms with Crippen LogP contribution in [0, 0.1) is 0 Å². The third kappa shape index (κ3) is 3.02. The van der Waals surface area contributed by atoms with Crippen molar-refractivity contribution in [2.24, 2.45) is 0 Å². The lowest BCUT2D eigenvalue weighted by atomic mass is 10.1. The van der Waals surface area contributed by atoms with Crippen LogP contribution in [-0.2, 0) is 0 Å². The first-order valence-electron chi connectivity index (χ1n) is 8.23. The Hall–Kier alpha value is -2.34. The first-order chi connectivity index (χ1) is 12.0. The van der Waals surface area contributed by atoms with Crippen molar-refractivity contribution in [3.8, 4) is 0 Å². The summed E-state index contributed by atoms with van der Waals surface area (Å²) in [7, 11) is 0. The first-order valence-corrected chi connectivity index (χ1v) is 9.02. The molecule has 4 rings (SSSR count). The quantitative estimate of drug-likeness (QED) is 0.711. The van der Waals surface area contributed by atoms with E-state index in [1.807, 2.05) is 30.0 Å². The van der Waals surface area contributed by atoms with Gasteiger partial charge in [0.25, 0.3) is 5.91 Å². The first kappa shape index (κ1) is 16.1. The molecule has 1 aromatic carbocycles. The number of nitrogens with zero attached hydrogens (tertiary/aromatic N) is 1. The Morgan fingerprint density at radius 2 is 2.12 bits per heavy atom. The van der Waals surface area contributed by atoms with Crippen LogP contribution in [0.5, 0.6) is 0 Å². The summed E-state index contributed by atoms with van der Waals surface area (Å²) in [6.07, 6.45) is 3.56. The number of benzene rings is 1. The van der Waals surface area contributed by atoms with E-state index in [9.17, 15) is 9.59 Å². The van der Waals surface area contributed by atoms with Crippen LogP contribution in [0.3, 0.4) is 0 Å². The van der Waals surface area contributed by atoms with E-state index >= 15 is 0 Å². The van der Waals surface area contributed by atoms with E-state index in [2.05, 4.69) is 20.9 Å². The second-order valence-electron chi connectivity index (χ2n) is 6.37. The molecule has 6 heteroatoms. The molecule has 1 fully saturated rings. The van der Waals surface area contributed by atoms with Gasteiger partial charge in [0.1, 0.15) is 11.5 Å². The van der Waals surface area contributed by atoms with Crippen molar-refractivity contribution >= 4 is 32.7 Å². The van der Waals surface area contributed by atoms with Gasteiger partial charge in [0, 0.05) is 27.5 Å². The molecule has 128 valence electrons. The molecular weight excluding hydrogens is 384 g/mol. The van der Waals surface area contributed by atoms with Crippen LogP contribution in [0.15, 0.2) is 56.3 Å². The normalized spacial score (nSPS) is 15.3. The molecular formula is C19H17BrN2O3. The van der Waals surface area contributed by atoms with Crippen molar-refractivity contribution < 1.29 is 9.21 Å². The highest BCUT2D eigenvalue weighted by atomic mass is 79.9. The number of fused-ring (bicyclic) bond motifs is 1. The number of amides is 1. The van der Waals surface area contributed by atoms with Gasteiger partial charge in [-0.2, -0.15) is 0 Å². The summed E-state index contributed by atoms with van der Waals surface area (Å²) in [5, 5.41) is 0.558. The second-order valence-corrected chi connectivity index (χ2v) is 7.29. The SMILES string of the molecule is C[C@@H](c1ccco1)N(C(=O)c1cc(=O)c2cc(Br)ccc2[nH]1)C1CC1. The predicted octanol–water partition coefficient (Wildman–Crippen LogP) is 4.25. The van der Waals surface area contributed by atoms with Crippen molar-refractivity contribution in [2.45, 2.75) is 31.8 Å². The molecule has 5 nitrogen and oxygen atoms in total. The smallest absolute Gasteiger partial charge is 0.271 e. The molecule has 0 radical (unpaired) electrons. The number of aromatic amines is 1. The van der Waals surface area contributed by atoms with Crippen LogP contribution in [0.25, 0.3) is 10.9 Å². The van der Waals surface area contributed by atoms with Crippen molar-refractivity contribution in [2.75, 3.05) is 0 Å². The summed E-state index contributed by atoms with van der Waals surface area (Å²) in [6, 6.07) is 10.5. The Labute approximate surface area is 152 Å². The number of furan rings is 1. The van der Waals surface area contributed by atoms with E-state index in [-0.39, 0.29) is 23.4 Å². The highest BCUT2D eigenvalue weighted by Crippen LogP contribution is 2.35. The third-order valence-corrected chi connectivity index (χ3v) is 5.06. The Morgan fingerprint density at radius 1 is 1.32 bits per heavy atom. The van der Waals surface area contributed by atoms with E-state index < -0.39 is 0 Å². The minimum absolute atomic E-state index is 0.167. The van der Waals surface area contributed by atoms with Crippen molar-refractivity contribution in [3.05, 3.63) is 68.8 Å². The molecule has 1 atom stereocenters. The van der Waals surface area contributed by atoms with Crippen LogP contribution < -0.4 is 5.43 Å². The molecule has 0 unspecified atom stereocenters. The maximum Gasteiger partial charge on any atom is 0.271 e. The molecule has 0 aliphatic heterocycles. The molecule has 1 amide bonds. The van der Waals surface area contributed by atoms with E-state index in [0.29, 0.717) is 16.6 Å². The van der Waals surface area contributed by atoms with Gasteiger partial charge in [0.05, 0.1) is 12.3 Å². The number of hydrogen-bond acceptors (Lipinski definition) is 3. The molecule has 0 saturated heterocycles. The Bertz CT molecular complexity index is 990. The van der Waals surface area contributed by atoms with E-state index in [1.165, 1.54) is 6.07 Å². The number of carbonyl (C=O) groups excluding carboxylic acids is 1. The fraction of sp³-hybridized carbons (Fsp3) is 0.263. The average Bonchev–Trinajstić information content (AvgIpc) is 3.27. The molecule has 0 spiro atoms. The summed E-state index contributed by atoms with van der Waals surface area (Å²) in [5.41, 5.74) is 0.797. The average molecular weight is 401 g/mol. The lowest BCUT2D eigenvalue weighted by Gasteiger charge is -2.28. The summed E-state index contributed by atoms with van der Waals surface area (Å²) in [4.78, 5) is 30.5. The van der Waals surface area contributed by atoms with Gasteiger partial charge in [-0.05, 0) is 50.1 Å². The lowest BCUT2D eigenvalue weighted by molar-refractivity contribution is 0.0647. The number of nitrogens with one attached hydrogen (secondary N) is 1. The zero-order valence-corrected chi connectivity index (χ0v) is 15.2. The second kappa shape index (κ2) is 6.19. The predicted molar refractivity (Wildman–Crippen MR) is 98.6 cm³/mol. The van der Waals surface area contributed by atoms with E-state index in [4.69, 9.17) is 4.42 Å². The molecule has 1 aliphatic carbocycles. The summed E-state index contributed by atoms with van der Waals surface area (Å²) in [5.74, 6) is 0.570. The molecule has 2 heterocycles. The zero-order chi connectivity index (χ0) is 17.6. The van der Waals surface area contributed by atoms with Crippen molar-refractivity contribution in [1.29, 1.82) is 0 Å². The van der Waals surface area contributed by atoms with Gasteiger partial charge in [-0.15, -0.1) is 0 Å². The Morgan fingerprint density at radius 3 is 2.80 bits per heavy atom. The molecule has 25 heavy (non-hydrogen) atoms. The fourth-order valence-corrected chi connectivity index (χ4v) is 3.51. The molecule has 2 aromatic heterocycles. The molecule has 1 N–H and O–H groups in total. The number of H-pyrrole nitrogens is 1. The molecule has 3 aromatic rings. The van der Waals surface area contributed by atoms with E-state index in [0.717, 1.165) is 23.1 Å². The third-order valence-electron chi connectivity index (χ3n) is 4.57. The highest BCUT2D eigenvalue weighted by molar-refractivity contribution is 9.10. The van der Waals surface area contributed by atoms with Crippen LogP contribution in [0.2, 0.25) is 0 Å². The largest absolute Gasteiger partial charge is 0.467 e. The van der Waals surface area contributed by atoms with Crippen LogP contribution in [0.1, 0.15) is 42.1 Å². The van der Waals surface area contributed by atoms with Crippen LogP contribution >= 0.6 is 15.9 Å². The van der Waals surface area contributed by atoms with Crippen LogP contribution in [0.4, 0.5) is 0 Å². The van der Waals surface area contributed by atoms with Gasteiger partial charge in [0.2, 0.25) is 0 Å². The Kier molecular flexibility index (Phi) is 4.00. The molecule has 1 saturated carbocycles. The number of halogens is 1. The number of rotatable bonds is 4. The fourth-order valence-electron chi connectivity index (χ4n) is 3.15. The number of carbonyl (C=O) groups is 1.